The summed E-state index contributed by atoms with van der Waals surface area (Å²) in [6.45, 7) is 0. The lowest BCUT2D eigenvalue weighted by molar-refractivity contribution is -0.116. The largest absolute Gasteiger partial charge is 0.441 e. The third-order valence-electron chi connectivity index (χ3n) is 4.00. The second kappa shape index (κ2) is 7.99. The van der Waals surface area contributed by atoms with Crippen LogP contribution in [0.1, 0.15) is 12.3 Å². The van der Waals surface area contributed by atoms with Crippen molar-refractivity contribution in [2.75, 3.05) is 24.3 Å². The normalized spacial score (nSPS) is 10.7. The van der Waals surface area contributed by atoms with Crippen LogP contribution in [0.2, 0.25) is 0 Å². The number of amides is 1. The van der Waals surface area contributed by atoms with Crippen molar-refractivity contribution in [1.29, 1.82) is 0 Å². The number of aryl methyl sites for hydroxylation is 1. The van der Waals surface area contributed by atoms with Gasteiger partial charge in [-0.3, -0.25) is 4.79 Å². The molecule has 0 bridgehead atoms. The topological polar surface area (TPSA) is 58.4 Å². The monoisotopic (exact) mass is 371 g/mol. The number of benzene rings is 2. The first-order chi connectivity index (χ1) is 12.9. The molecule has 0 saturated heterocycles. The quantitative estimate of drug-likeness (QED) is 0.704. The van der Waals surface area contributed by atoms with Gasteiger partial charge in [0.25, 0.3) is 0 Å². The molecule has 0 unspecified atom stereocenters. The summed E-state index contributed by atoms with van der Waals surface area (Å²) in [5.74, 6) is -1.41. The fraction of sp³-hybridized carbons (Fsp3) is 0.200. The highest BCUT2D eigenvalue weighted by Gasteiger charge is 2.16. The van der Waals surface area contributed by atoms with Crippen LogP contribution in [0.25, 0.3) is 11.3 Å². The van der Waals surface area contributed by atoms with Gasteiger partial charge in [0.15, 0.2) is 11.7 Å². The number of nitrogens with one attached hydrogen (secondary N) is 1. The number of hydrogen-bond donors (Lipinski definition) is 1. The molecular weight excluding hydrogens is 352 g/mol. The van der Waals surface area contributed by atoms with Crippen LogP contribution in [0.15, 0.2) is 53.1 Å². The van der Waals surface area contributed by atoms with Crippen LogP contribution in [0.3, 0.4) is 0 Å². The molecule has 0 radical (unpaired) electrons. The molecule has 0 spiro atoms. The van der Waals surface area contributed by atoms with Crippen molar-refractivity contribution in [2.24, 2.45) is 0 Å². The van der Waals surface area contributed by atoms with E-state index in [0.29, 0.717) is 5.69 Å². The molecule has 0 atom stereocenters. The zero-order valence-electron chi connectivity index (χ0n) is 15.0. The van der Waals surface area contributed by atoms with Gasteiger partial charge < -0.3 is 14.6 Å². The van der Waals surface area contributed by atoms with Gasteiger partial charge in [0.2, 0.25) is 5.91 Å². The summed E-state index contributed by atoms with van der Waals surface area (Å²) in [6.07, 6.45) is 1.61. The van der Waals surface area contributed by atoms with Crippen LogP contribution >= 0.6 is 0 Å². The van der Waals surface area contributed by atoms with E-state index in [4.69, 9.17) is 4.42 Å². The molecule has 3 aromatic rings. The Hall–Kier alpha value is -3.22. The Kier molecular flexibility index (Phi) is 5.49. The SMILES string of the molecule is CN(C)c1ccc(NC(=O)CCc2ncc(-c3c(F)cccc3F)o2)cc1. The lowest BCUT2D eigenvalue weighted by Crippen LogP contribution is -2.13. The minimum absolute atomic E-state index is 0.000261. The molecule has 0 aliphatic carbocycles. The average Bonchev–Trinajstić information content (AvgIpc) is 3.09. The Morgan fingerprint density at radius 2 is 1.78 bits per heavy atom. The number of oxazole rings is 1. The van der Waals surface area contributed by atoms with Crippen molar-refractivity contribution in [1.82, 2.24) is 4.98 Å². The Labute approximate surface area is 155 Å². The number of hydrogen-bond acceptors (Lipinski definition) is 4. The Morgan fingerprint density at radius 1 is 1.11 bits per heavy atom. The van der Waals surface area contributed by atoms with E-state index in [2.05, 4.69) is 10.3 Å². The second-order valence-corrected chi connectivity index (χ2v) is 6.20. The highest BCUT2D eigenvalue weighted by Crippen LogP contribution is 2.26. The summed E-state index contributed by atoms with van der Waals surface area (Å²) in [5.41, 5.74) is 1.45. The highest BCUT2D eigenvalue weighted by molar-refractivity contribution is 5.90. The molecule has 0 saturated carbocycles. The number of anilines is 2. The van der Waals surface area contributed by atoms with Crippen LogP contribution < -0.4 is 10.2 Å². The fourth-order valence-electron chi connectivity index (χ4n) is 2.56. The van der Waals surface area contributed by atoms with E-state index in [9.17, 15) is 13.6 Å². The first kappa shape index (κ1) is 18.6. The smallest absolute Gasteiger partial charge is 0.224 e. The van der Waals surface area contributed by atoms with Gasteiger partial charge in [0.05, 0.1) is 11.8 Å². The van der Waals surface area contributed by atoms with Gasteiger partial charge in [0, 0.05) is 38.3 Å². The van der Waals surface area contributed by atoms with Gasteiger partial charge in [-0.15, -0.1) is 0 Å². The summed E-state index contributed by atoms with van der Waals surface area (Å²) < 4.78 is 33.0. The lowest BCUT2D eigenvalue weighted by Gasteiger charge is -2.12. The highest BCUT2D eigenvalue weighted by atomic mass is 19.1. The number of nitrogens with zero attached hydrogens (tertiary/aromatic N) is 2. The maximum absolute atomic E-state index is 13.8. The van der Waals surface area contributed by atoms with Crippen molar-refractivity contribution in [3.05, 3.63) is 66.2 Å². The Balaban J connectivity index is 1.59. The number of carbonyl (C=O) groups excluding carboxylic acids is 1. The minimum atomic E-state index is -0.725. The van der Waals surface area contributed by atoms with Crippen LogP contribution in [-0.2, 0) is 11.2 Å². The van der Waals surface area contributed by atoms with Gasteiger partial charge in [-0.1, -0.05) is 6.07 Å². The molecule has 7 heteroatoms. The summed E-state index contributed by atoms with van der Waals surface area (Å²) in [4.78, 5) is 18.0. The Bertz CT molecular complexity index is 916. The molecule has 3 rings (SSSR count). The number of rotatable bonds is 6. The van der Waals surface area contributed by atoms with Crippen molar-refractivity contribution >= 4 is 17.3 Å². The standard InChI is InChI=1S/C20H19F2N3O2/c1-25(2)14-8-6-13(7-9-14)24-18(26)10-11-19-23-12-17(27-19)20-15(21)4-3-5-16(20)22/h3-9,12H,10-11H2,1-2H3,(H,24,26). The lowest BCUT2D eigenvalue weighted by atomic mass is 10.1. The predicted molar refractivity (Wildman–Crippen MR) is 99.6 cm³/mol. The van der Waals surface area contributed by atoms with Crippen LogP contribution in [0.5, 0.6) is 0 Å². The summed E-state index contributed by atoms with van der Waals surface area (Å²) >= 11 is 0. The van der Waals surface area contributed by atoms with E-state index in [1.54, 1.807) is 0 Å². The number of aromatic nitrogens is 1. The minimum Gasteiger partial charge on any atom is -0.441 e. The third kappa shape index (κ3) is 4.49. The molecule has 0 fully saturated rings. The van der Waals surface area contributed by atoms with E-state index in [1.165, 1.54) is 12.3 Å². The molecule has 5 nitrogen and oxygen atoms in total. The number of carbonyl (C=O) groups is 1. The van der Waals surface area contributed by atoms with Gasteiger partial charge in [-0.2, -0.15) is 0 Å². The molecule has 1 aromatic heterocycles. The van der Waals surface area contributed by atoms with Crippen LogP contribution in [0.4, 0.5) is 20.2 Å². The second-order valence-electron chi connectivity index (χ2n) is 6.20. The van der Waals surface area contributed by atoms with Crippen LogP contribution in [0, 0.1) is 11.6 Å². The van der Waals surface area contributed by atoms with E-state index in [1.807, 2.05) is 43.3 Å². The number of halogens is 2. The maximum Gasteiger partial charge on any atom is 0.224 e. The average molecular weight is 371 g/mol. The first-order valence-electron chi connectivity index (χ1n) is 8.40. The van der Waals surface area contributed by atoms with Crippen molar-refractivity contribution in [3.8, 4) is 11.3 Å². The molecule has 27 heavy (non-hydrogen) atoms. The Morgan fingerprint density at radius 3 is 2.41 bits per heavy atom. The molecular formula is C20H19F2N3O2. The van der Waals surface area contributed by atoms with Gasteiger partial charge in [-0.05, 0) is 36.4 Å². The third-order valence-corrected chi connectivity index (χ3v) is 4.00. The molecule has 2 aromatic carbocycles. The van der Waals surface area contributed by atoms with E-state index in [0.717, 1.165) is 17.8 Å². The fourth-order valence-corrected chi connectivity index (χ4v) is 2.56. The van der Waals surface area contributed by atoms with E-state index >= 15 is 0 Å². The van der Waals surface area contributed by atoms with Gasteiger partial charge >= 0.3 is 0 Å². The molecule has 140 valence electrons. The van der Waals surface area contributed by atoms with Gasteiger partial charge in [0.1, 0.15) is 11.6 Å². The van der Waals surface area contributed by atoms with E-state index in [-0.39, 0.29) is 36.0 Å². The zero-order valence-corrected chi connectivity index (χ0v) is 15.0. The summed E-state index contributed by atoms with van der Waals surface area (Å²) in [6, 6.07) is 11.0. The summed E-state index contributed by atoms with van der Waals surface area (Å²) in [7, 11) is 3.87. The molecule has 0 aliphatic heterocycles. The van der Waals surface area contributed by atoms with Crippen molar-refractivity contribution in [2.45, 2.75) is 12.8 Å². The van der Waals surface area contributed by atoms with E-state index < -0.39 is 11.6 Å². The molecule has 1 amide bonds. The van der Waals surface area contributed by atoms with Crippen molar-refractivity contribution in [3.63, 3.8) is 0 Å². The maximum atomic E-state index is 13.8. The van der Waals surface area contributed by atoms with Gasteiger partial charge in [-0.25, -0.2) is 13.8 Å². The van der Waals surface area contributed by atoms with Crippen molar-refractivity contribution < 1.29 is 18.0 Å². The van der Waals surface area contributed by atoms with Crippen LogP contribution in [-0.4, -0.2) is 25.0 Å². The molecule has 1 heterocycles. The first-order valence-corrected chi connectivity index (χ1v) is 8.40. The predicted octanol–water partition coefficient (Wildman–Crippen LogP) is 4.26. The zero-order chi connectivity index (χ0) is 19.4. The summed E-state index contributed by atoms with van der Waals surface area (Å²) in [5, 5.41) is 2.79. The molecule has 1 N–H and O–H groups in total. The molecule has 0 aliphatic rings.